The van der Waals surface area contributed by atoms with Gasteiger partial charge in [-0.25, -0.2) is 0 Å². The van der Waals surface area contributed by atoms with E-state index < -0.39 is 0 Å². The van der Waals surface area contributed by atoms with Crippen LogP contribution in [-0.4, -0.2) is 0 Å². The van der Waals surface area contributed by atoms with Gasteiger partial charge in [0, 0.05) is 0 Å². The van der Waals surface area contributed by atoms with Crippen LogP contribution < -0.4 is 0 Å². The SMILES string of the molecule is CCc1ccc(C)cc1.CCc1ccc(C)cc1.Cc1ccc(C)cc1. The van der Waals surface area contributed by atoms with E-state index in [-0.39, 0.29) is 0 Å². The van der Waals surface area contributed by atoms with E-state index in [9.17, 15) is 0 Å². The zero-order valence-corrected chi connectivity index (χ0v) is 17.3. The van der Waals surface area contributed by atoms with Gasteiger partial charge in [0.25, 0.3) is 0 Å². The van der Waals surface area contributed by atoms with Gasteiger partial charge >= 0.3 is 0 Å². The Balaban J connectivity index is 0.000000195. The van der Waals surface area contributed by atoms with E-state index in [2.05, 4.69) is 114 Å². The van der Waals surface area contributed by atoms with Gasteiger partial charge in [0.1, 0.15) is 0 Å². The van der Waals surface area contributed by atoms with E-state index in [0.717, 1.165) is 12.8 Å². The fraction of sp³-hybridized carbons (Fsp3) is 0.308. The molecule has 3 aromatic carbocycles. The fourth-order valence-corrected chi connectivity index (χ4v) is 2.28. The Labute approximate surface area is 160 Å². The second kappa shape index (κ2) is 12.1. The van der Waals surface area contributed by atoms with Gasteiger partial charge in [-0.1, -0.05) is 109 Å². The Bertz CT molecular complexity index is 650. The van der Waals surface area contributed by atoms with E-state index >= 15 is 0 Å². The quantitative estimate of drug-likeness (QED) is 0.453. The molecule has 0 aliphatic heterocycles. The lowest BCUT2D eigenvalue weighted by Crippen LogP contribution is -1.77. The van der Waals surface area contributed by atoms with Gasteiger partial charge in [-0.2, -0.15) is 0 Å². The van der Waals surface area contributed by atoms with Crippen LogP contribution in [0.25, 0.3) is 0 Å². The Morgan fingerprint density at radius 3 is 0.769 bits per heavy atom. The van der Waals surface area contributed by atoms with Gasteiger partial charge in [0.05, 0.1) is 0 Å². The Hall–Kier alpha value is -2.34. The first-order valence-electron chi connectivity index (χ1n) is 9.59. The molecule has 0 aliphatic carbocycles. The first-order chi connectivity index (χ1) is 12.4. The summed E-state index contributed by atoms with van der Waals surface area (Å²) in [5.41, 5.74) is 8.17. The van der Waals surface area contributed by atoms with Gasteiger partial charge in [0.15, 0.2) is 0 Å². The maximum absolute atomic E-state index is 2.18. The highest BCUT2D eigenvalue weighted by atomic mass is 13.9. The molecule has 0 heteroatoms. The van der Waals surface area contributed by atoms with Crippen molar-refractivity contribution in [3.63, 3.8) is 0 Å². The lowest BCUT2D eigenvalue weighted by molar-refractivity contribution is 1.14. The van der Waals surface area contributed by atoms with E-state index in [0.29, 0.717) is 0 Å². The first kappa shape index (κ1) is 21.7. The minimum atomic E-state index is 1.14. The highest BCUT2D eigenvalue weighted by molar-refractivity contribution is 5.22. The van der Waals surface area contributed by atoms with Crippen molar-refractivity contribution in [1.82, 2.24) is 0 Å². The predicted molar refractivity (Wildman–Crippen MR) is 117 cm³/mol. The van der Waals surface area contributed by atoms with Crippen molar-refractivity contribution in [1.29, 1.82) is 0 Å². The molecule has 0 aromatic heterocycles. The van der Waals surface area contributed by atoms with Gasteiger partial charge in [-0.3, -0.25) is 0 Å². The molecule has 0 spiro atoms. The molecule has 0 saturated heterocycles. The fourth-order valence-electron chi connectivity index (χ4n) is 2.28. The van der Waals surface area contributed by atoms with Crippen LogP contribution in [0.5, 0.6) is 0 Å². The van der Waals surface area contributed by atoms with Crippen molar-refractivity contribution in [3.05, 3.63) is 106 Å². The van der Waals surface area contributed by atoms with Crippen molar-refractivity contribution in [2.24, 2.45) is 0 Å². The molecule has 0 heterocycles. The molecule has 0 unspecified atom stereocenters. The van der Waals surface area contributed by atoms with Crippen molar-refractivity contribution in [3.8, 4) is 0 Å². The minimum Gasteiger partial charge on any atom is -0.0613 e. The summed E-state index contributed by atoms with van der Waals surface area (Å²) < 4.78 is 0. The van der Waals surface area contributed by atoms with Crippen molar-refractivity contribution in [2.75, 3.05) is 0 Å². The molecular formula is C26H34. The van der Waals surface area contributed by atoms with E-state index in [4.69, 9.17) is 0 Å². The van der Waals surface area contributed by atoms with Gasteiger partial charge < -0.3 is 0 Å². The van der Waals surface area contributed by atoms with Crippen LogP contribution in [0.3, 0.4) is 0 Å². The smallest absolute Gasteiger partial charge is 0.0307 e. The summed E-state index contributed by atoms with van der Waals surface area (Å²) in [6.07, 6.45) is 2.28. The maximum atomic E-state index is 2.18. The molecular weight excluding hydrogens is 312 g/mol. The van der Waals surface area contributed by atoms with Crippen LogP contribution >= 0.6 is 0 Å². The number of hydrogen-bond acceptors (Lipinski definition) is 0. The van der Waals surface area contributed by atoms with E-state index in [1.165, 1.54) is 33.4 Å². The number of rotatable bonds is 2. The largest absolute Gasteiger partial charge is 0.0613 e. The molecule has 0 atom stereocenters. The molecule has 0 radical (unpaired) electrons. The molecule has 26 heavy (non-hydrogen) atoms. The Morgan fingerprint density at radius 2 is 0.577 bits per heavy atom. The monoisotopic (exact) mass is 346 g/mol. The van der Waals surface area contributed by atoms with Gasteiger partial charge in [0.2, 0.25) is 0 Å². The Kier molecular flexibility index (Phi) is 10.1. The highest BCUT2D eigenvalue weighted by Crippen LogP contribution is 2.03. The second-order valence-electron chi connectivity index (χ2n) is 6.83. The van der Waals surface area contributed by atoms with Crippen molar-refractivity contribution in [2.45, 2.75) is 54.4 Å². The van der Waals surface area contributed by atoms with Crippen LogP contribution in [0.1, 0.15) is 47.2 Å². The average Bonchev–Trinajstić information content (AvgIpc) is 2.66. The topological polar surface area (TPSA) is 0 Å². The van der Waals surface area contributed by atoms with Crippen LogP contribution in [0.4, 0.5) is 0 Å². The van der Waals surface area contributed by atoms with Crippen molar-refractivity contribution >= 4 is 0 Å². The second-order valence-corrected chi connectivity index (χ2v) is 6.83. The highest BCUT2D eigenvalue weighted by Gasteiger charge is 1.85. The molecule has 3 aromatic rings. The van der Waals surface area contributed by atoms with Crippen LogP contribution in [0, 0.1) is 27.7 Å². The summed E-state index contributed by atoms with van der Waals surface area (Å²) in [6.45, 7) is 12.8. The summed E-state index contributed by atoms with van der Waals surface area (Å²) in [4.78, 5) is 0. The lowest BCUT2D eigenvalue weighted by Gasteiger charge is -1.94. The normalized spacial score (nSPS) is 9.46. The van der Waals surface area contributed by atoms with Crippen LogP contribution in [0.2, 0.25) is 0 Å². The van der Waals surface area contributed by atoms with E-state index in [1.54, 1.807) is 0 Å². The predicted octanol–water partition coefficient (Wildman–Crippen LogP) is 7.42. The van der Waals surface area contributed by atoms with Crippen molar-refractivity contribution < 1.29 is 0 Å². The summed E-state index contributed by atoms with van der Waals surface area (Å²) in [7, 11) is 0. The summed E-state index contributed by atoms with van der Waals surface area (Å²) in [6, 6.07) is 25.8. The lowest BCUT2D eigenvalue weighted by atomic mass is 10.1. The summed E-state index contributed by atoms with van der Waals surface area (Å²) in [5, 5.41) is 0. The molecule has 0 nitrogen and oxygen atoms in total. The van der Waals surface area contributed by atoms with Gasteiger partial charge in [-0.05, 0) is 51.7 Å². The zero-order valence-electron chi connectivity index (χ0n) is 17.3. The molecule has 138 valence electrons. The van der Waals surface area contributed by atoms with E-state index in [1.807, 2.05) is 0 Å². The summed E-state index contributed by atoms with van der Waals surface area (Å²) in [5.74, 6) is 0. The molecule has 0 bridgehead atoms. The molecule has 0 N–H and O–H groups in total. The molecule has 0 fully saturated rings. The molecule has 0 amide bonds. The van der Waals surface area contributed by atoms with Gasteiger partial charge in [-0.15, -0.1) is 0 Å². The standard InChI is InChI=1S/2C9H12.C8H10/c2*1-3-9-6-4-8(2)5-7-9;1-7-3-5-8(2)6-4-7/h2*4-7H,3H2,1-2H3;3-6H,1-2H3. The molecule has 0 saturated carbocycles. The molecule has 3 rings (SSSR count). The van der Waals surface area contributed by atoms with Crippen LogP contribution in [-0.2, 0) is 12.8 Å². The number of hydrogen-bond donors (Lipinski definition) is 0. The zero-order chi connectivity index (χ0) is 19.4. The summed E-state index contributed by atoms with van der Waals surface area (Å²) >= 11 is 0. The molecule has 0 aliphatic rings. The number of benzene rings is 3. The number of aryl methyl sites for hydroxylation is 6. The third kappa shape index (κ3) is 9.22. The third-order valence-electron chi connectivity index (χ3n) is 4.28. The maximum Gasteiger partial charge on any atom is -0.0307 e. The third-order valence-corrected chi connectivity index (χ3v) is 4.28. The Morgan fingerprint density at radius 1 is 0.385 bits per heavy atom. The van der Waals surface area contributed by atoms with Crippen LogP contribution in [0.15, 0.2) is 72.8 Å². The minimum absolute atomic E-state index is 1.14. The average molecular weight is 347 g/mol. The first-order valence-corrected chi connectivity index (χ1v) is 9.59.